The Morgan fingerprint density at radius 3 is 2.54 bits per heavy atom. The minimum absolute atomic E-state index is 0.446. The van der Waals surface area contributed by atoms with E-state index in [1.54, 1.807) is 6.20 Å². The Morgan fingerprint density at radius 1 is 0.808 bits per heavy atom. The van der Waals surface area contributed by atoms with Crippen molar-refractivity contribution in [3.8, 4) is 11.1 Å². The van der Waals surface area contributed by atoms with Gasteiger partial charge >= 0.3 is 0 Å². The lowest BCUT2D eigenvalue weighted by Crippen LogP contribution is -2.13. The van der Waals surface area contributed by atoms with E-state index in [4.69, 9.17) is 5.73 Å². The predicted octanol–water partition coefficient (Wildman–Crippen LogP) is 4.64. The third-order valence-corrected chi connectivity index (χ3v) is 4.86. The van der Waals surface area contributed by atoms with Gasteiger partial charge in [-0.1, -0.05) is 48.5 Å². The van der Waals surface area contributed by atoms with Gasteiger partial charge in [-0.15, -0.1) is 0 Å². The number of aromatic nitrogens is 2. The van der Waals surface area contributed by atoms with Crippen molar-refractivity contribution >= 4 is 38.6 Å². The minimum Gasteiger partial charge on any atom is -0.366 e. The van der Waals surface area contributed by atoms with Crippen molar-refractivity contribution in [1.29, 1.82) is 0 Å². The molecule has 4 nitrogen and oxygen atoms in total. The van der Waals surface area contributed by atoms with Crippen LogP contribution in [0, 0.1) is 0 Å². The number of aromatic amines is 1. The quantitative estimate of drug-likeness (QED) is 0.493. The summed E-state index contributed by atoms with van der Waals surface area (Å²) < 4.78 is 0. The van der Waals surface area contributed by atoms with Crippen LogP contribution in [0.3, 0.4) is 0 Å². The number of carbonyl (C=O) groups is 1. The van der Waals surface area contributed by atoms with E-state index < -0.39 is 5.91 Å². The third-order valence-electron chi connectivity index (χ3n) is 4.86. The number of para-hydroxylation sites is 1. The number of rotatable bonds is 2. The van der Waals surface area contributed by atoms with Gasteiger partial charge in [0.25, 0.3) is 5.91 Å². The number of H-pyrrole nitrogens is 1. The molecule has 1 amide bonds. The van der Waals surface area contributed by atoms with Crippen LogP contribution in [0.15, 0.2) is 72.9 Å². The number of nitrogens with one attached hydrogen (secondary N) is 1. The van der Waals surface area contributed by atoms with E-state index in [1.807, 2.05) is 66.7 Å². The molecule has 0 atom stereocenters. The van der Waals surface area contributed by atoms with Crippen molar-refractivity contribution < 1.29 is 4.79 Å². The van der Waals surface area contributed by atoms with Crippen molar-refractivity contribution in [2.45, 2.75) is 0 Å². The van der Waals surface area contributed by atoms with Crippen LogP contribution in [0.5, 0.6) is 0 Å². The van der Waals surface area contributed by atoms with Gasteiger partial charge < -0.3 is 10.7 Å². The Balaban J connectivity index is 1.92. The molecule has 2 aromatic heterocycles. The molecular weight excluding hydrogens is 322 g/mol. The van der Waals surface area contributed by atoms with Crippen molar-refractivity contribution in [2.24, 2.45) is 5.73 Å². The van der Waals surface area contributed by atoms with E-state index in [0.717, 1.165) is 43.8 Å². The topological polar surface area (TPSA) is 71.8 Å². The first kappa shape index (κ1) is 14.7. The number of carbonyl (C=O) groups excluding carboxylic acids is 1. The van der Waals surface area contributed by atoms with E-state index in [0.29, 0.717) is 5.56 Å². The molecule has 0 saturated carbocycles. The average molecular weight is 337 g/mol. The second-order valence-corrected chi connectivity index (χ2v) is 6.32. The number of fused-ring (bicyclic) bond motifs is 4. The molecule has 3 N–H and O–H groups in total. The lowest BCUT2D eigenvalue weighted by Gasteiger charge is -2.11. The Labute approximate surface area is 149 Å². The maximum atomic E-state index is 12.4. The summed E-state index contributed by atoms with van der Waals surface area (Å²) in [5.41, 5.74) is 10.7. The van der Waals surface area contributed by atoms with Crippen molar-refractivity contribution in [3.63, 3.8) is 0 Å². The largest absolute Gasteiger partial charge is 0.366 e. The number of nitrogens with two attached hydrogens (primary N) is 1. The normalized spacial score (nSPS) is 11.4. The van der Waals surface area contributed by atoms with E-state index >= 15 is 0 Å². The molecule has 0 aliphatic heterocycles. The lowest BCUT2D eigenvalue weighted by molar-refractivity contribution is 0.100. The third kappa shape index (κ3) is 2.02. The van der Waals surface area contributed by atoms with Gasteiger partial charge in [0.2, 0.25) is 0 Å². The second-order valence-electron chi connectivity index (χ2n) is 6.32. The zero-order valence-corrected chi connectivity index (χ0v) is 13.9. The number of hydrogen-bond donors (Lipinski definition) is 2. The molecule has 4 heteroatoms. The van der Waals surface area contributed by atoms with Gasteiger partial charge in [-0.3, -0.25) is 9.78 Å². The maximum Gasteiger partial charge on any atom is 0.251 e. The molecule has 5 aromatic rings. The van der Waals surface area contributed by atoms with Crippen LogP contribution in [0.1, 0.15) is 10.4 Å². The fraction of sp³-hybridized carbons (Fsp3) is 0. The van der Waals surface area contributed by atoms with Crippen LogP contribution in [-0.4, -0.2) is 15.9 Å². The van der Waals surface area contributed by atoms with Crippen LogP contribution in [-0.2, 0) is 0 Å². The smallest absolute Gasteiger partial charge is 0.251 e. The summed E-state index contributed by atoms with van der Waals surface area (Å²) >= 11 is 0. The van der Waals surface area contributed by atoms with Gasteiger partial charge in [0.05, 0.1) is 16.6 Å². The molecular formula is C22H15N3O. The van der Waals surface area contributed by atoms with E-state index in [9.17, 15) is 4.79 Å². The van der Waals surface area contributed by atoms with Crippen LogP contribution >= 0.6 is 0 Å². The lowest BCUT2D eigenvalue weighted by atomic mass is 9.94. The van der Waals surface area contributed by atoms with Crippen LogP contribution in [0.25, 0.3) is 43.8 Å². The Morgan fingerprint density at radius 2 is 1.65 bits per heavy atom. The fourth-order valence-corrected chi connectivity index (χ4v) is 3.74. The van der Waals surface area contributed by atoms with Crippen LogP contribution < -0.4 is 5.73 Å². The molecule has 5 rings (SSSR count). The molecule has 26 heavy (non-hydrogen) atoms. The van der Waals surface area contributed by atoms with Crippen molar-refractivity contribution in [2.75, 3.05) is 0 Å². The number of benzene rings is 3. The predicted molar refractivity (Wildman–Crippen MR) is 105 cm³/mol. The first-order valence-corrected chi connectivity index (χ1v) is 8.41. The highest BCUT2D eigenvalue weighted by atomic mass is 16.1. The number of amides is 1. The van der Waals surface area contributed by atoms with Gasteiger partial charge in [-0.25, -0.2) is 0 Å². The summed E-state index contributed by atoms with van der Waals surface area (Å²) in [5, 5.41) is 3.07. The zero-order chi connectivity index (χ0) is 17.7. The molecule has 3 aromatic carbocycles. The highest BCUT2D eigenvalue weighted by molar-refractivity contribution is 6.19. The maximum absolute atomic E-state index is 12.4. The summed E-state index contributed by atoms with van der Waals surface area (Å²) in [6.07, 6.45) is 1.77. The highest BCUT2D eigenvalue weighted by Gasteiger charge is 2.18. The minimum atomic E-state index is -0.446. The summed E-state index contributed by atoms with van der Waals surface area (Å²) in [6, 6.07) is 21.9. The molecule has 0 saturated heterocycles. The standard InChI is InChI=1S/C22H15N3O/c23-22(26)20-16(13-6-3-9-18-14(13)7-4-12-24-18)10-11-17-15-5-1-2-8-19(15)25-21(17)20/h1-12,25H,(H2,23,26). The molecule has 0 spiro atoms. The number of nitrogens with zero attached hydrogens (tertiary/aromatic N) is 1. The number of hydrogen-bond acceptors (Lipinski definition) is 2. The van der Waals surface area contributed by atoms with Crippen molar-refractivity contribution in [1.82, 2.24) is 9.97 Å². The second kappa shape index (κ2) is 5.43. The fourth-order valence-electron chi connectivity index (χ4n) is 3.74. The molecule has 0 aliphatic rings. The summed E-state index contributed by atoms with van der Waals surface area (Å²) in [5.74, 6) is -0.446. The van der Waals surface area contributed by atoms with E-state index in [1.165, 1.54) is 0 Å². The first-order valence-electron chi connectivity index (χ1n) is 8.41. The molecule has 0 unspecified atom stereocenters. The monoisotopic (exact) mass is 337 g/mol. The molecule has 0 bridgehead atoms. The Bertz CT molecular complexity index is 1310. The summed E-state index contributed by atoms with van der Waals surface area (Å²) in [7, 11) is 0. The molecule has 0 radical (unpaired) electrons. The van der Waals surface area contributed by atoms with Gasteiger partial charge in [-0.05, 0) is 29.3 Å². The van der Waals surface area contributed by atoms with E-state index in [-0.39, 0.29) is 0 Å². The van der Waals surface area contributed by atoms with Crippen LogP contribution in [0.2, 0.25) is 0 Å². The average Bonchev–Trinajstić information content (AvgIpc) is 3.05. The van der Waals surface area contributed by atoms with E-state index in [2.05, 4.69) is 9.97 Å². The Kier molecular flexibility index (Phi) is 3.06. The Hall–Kier alpha value is -3.66. The van der Waals surface area contributed by atoms with Crippen LogP contribution in [0.4, 0.5) is 0 Å². The summed E-state index contributed by atoms with van der Waals surface area (Å²) in [4.78, 5) is 20.2. The SMILES string of the molecule is NC(=O)c1c(-c2cccc3ncccc23)ccc2c1[nH]c1ccccc12. The number of primary amides is 1. The van der Waals surface area contributed by atoms with Crippen molar-refractivity contribution in [3.05, 3.63) is 78.5 Å². The zero-order valence-electron chi connectivity index (χ0n) is 13.9. The molecule has 124 valence electrons. The van der Waals surface area contributed by atoms with Gasteiger partial charge in [0, 0.05) is 27.9 Å². The first-order chi connectivity index (χ1) is 12.7. The summed E-state index contributed by atoms with van der Waals surface area (Å²) in [6.45, 7) is 0. The number of pyridine rings is 1. The molecule has 0 aliphatic carbocycles. The highest BCUT2D eigenvalue weighted by Crippen LogP contribution is 2.36. The van der Waals surface area contributed by atoms with Gasteiger partial charge in [0.15, 0.2) is 0 Å². The van der Waals surface area contributed by atoms with Gasteiger partial charge in [0.1, 0.15) is 0 Å². The molecule has 0 fully saturated rings. The van der Waals surface area contributed by atoms with Gasteiger partial charge in [-0.2, -0.15) is 0 Å². The molecule has 2 heterocycles.